The largest absolute Gasteiger partial charge is 0.366 e. The van der Waals surface area contributed by atoms with Crippen LogP contribution in [-0.2, 0) is 4.79 Å². The molecule has 6 heteroatoms. The lowest BCUT2D eigenvalue weighted by atomic mass is 9.94. The normalized spacial score (nSPS) is 11.6. The lowest BCUT2D eigenvalue weighted by Gasteiger charge is -2.16. The number of thiophene rings is 1. The summed E-state index contributed by atoms with van der Waals surface area (Å²) in [6.45, 7) is 1.93. The van der Waals surface area contributed by atoms with Crippen molar-refractivity contribution < 1.29 is 9.59 Å². The van der Waals surface area contributed by atoms with Crippen molar-refractivity contribution in [3.8, 4) is 16.5 Å². The minimum absolute atomic E-state index is 0.178. The van der Waals surface area contributed by atoms with Crippen LogP contribution < -0.4 is 11.1 Å². The van der Waals surface area contributed by atoms with E-state index in [1.165, 1.54) is 0 Å². The van der Waals surface area contributed by atoms with Gasteiger partial charge in [-0.1, -0.05) is 43.3 Å². The summed E-state index contributed by atoms with van der Waals surface area (Å²) in [5.41, 5.74) is 8.68. The molecule has 1 heterocycles. The zero-order valence-corrected chi connectivity index (χ0v) is 18.3. The average molecular weight is 440 g/mol. The van der Waals surface area contributed by atoms with Crippen LogP contribution in [0.25, 0.3) is 20.5 Å². The second-order valence-electron chi connectivity index (χ2n) is 7.46. The minimum Gasteiger partial charge on any atom is -0.366 e. The molecule has 0 saturated heterocycles. The Labute approximate surface area is 190 Å². The third-order valence-corrected chi connectivity index (χ3v) is 6.56. The van der Waals surface area contributed by atoms with Crippen LogP contribution in [0.5, 0.6) is 0 Å². The average Bonchev–Trinajstić information content (AvgIpc) is 3.24. The van der Waals surface area contributed by atoms with Gasteiger partial charge in [-0.15, -0.1) is 11.3 Å². The van der Waals surface area contributed by atoms with Gasteiger partial charge in [-0.25, -0.2) is 0 Å². The van der Waals surface area contributed by atoms with Crippen LogP contribution in [0.1, 0.15) is 40.7 Å². The predicted molar refractivity (Wildman–Crippen MR) is 129 cm³/mol. The number of hydrogen-bond acceptors (Lipinski definition) is 4. The first-order valence-electron chi connectivity index (χ1n) is 10.2. The summed E-state index contributed by atoms with van der Waals surface area (Å²) >= 11 is 1.59. The molecule has 4 rings (SSSR count). The van der Waals surface area contributed by atoms with Crippen molar-refractivity contribution in [2.45, 2.75) is 19.3 Å². The summed E-state index contributed by atoms with van der Waals surface area (Å²) in [7, 11) is 0. The van der Waals surface area contributed by atoms with Crippen molar-refractivity contribution in [2.75, 3.05) is 5.32 Å². The molecule has 4 aromatic rings. The second-order valence-corrected chi connectivity index (χ2v) is 8.54. The van der Waals surface area contributed by atoms with Crippen molar-refractivity contribution >= 4 is 38.9 Å². The summed E-state index contributed by atoms with van der Waals surface area (Å²) in [6, 6.07) is 24.4. The minimum atomic E-state index is -0.548. The van der Waals surface area contributed by atoms with E-state index >= 15 is 0 Å². The monoisotopic (exact) mass is 439 g/mol. The van der Waals surface area contributed by atoms with Crippen LogP contribution in [0.4, 0.5) is 5.69 Å². The van der Waals surface area contributed by atoms with Gasteiger partial charge in [0.1, 0.15) is 0 Å². The van der Waals surface area contributed by atoms with Gasteiger partial charge in [0.15, 0.2) is 0 Å². The number of nitrogens with one attached hydrogen (secondary N) is 1. The summed E-state index contributed by atoms with van der Waals surface area (Å²) in [5.74, 6) is -1.10. The zero-order chi connectivity index (χ0) is 22.7. The summed E-state index contributed by atoms with van der Waals surface area (Å²) in [5, 5.41) is 13.0. The van der Waals surface area contributed by atoms with Crippen LogP contribution in [0.3, 0.4) is 0 Å². The molecule has 5 nitrogen and oxygen atoms in total. The molecule has 32 heavy (non-hydrogen) atoms. The van der Waals surface area contributed by atoms with E-state index in [0.29, 0.717) is 23.2 Å². The number of rotatable bonds is 6. The molecule has 3 aromatic carbocycles. The van der Waals surface area contributed by atoms with Crippen molar-refractivity contribution in [2.24, 2.45) is 5.73 Å². The molecule has 158 valence electrons. The molecule has 0 radical (unpaired) electrons. The SMILES string of the molecule is CCC(C(=O)Nc1ccc(-c2cc3ccccc3s2)c(C(N)=O)c1)c1ccc(C#N)cc1. The third kappa shape index (κ3) is 4.25. The fourth-order valence-corrected chi connectivity index (χ4v) is 4.85. The highest BCUT2D eigenvalue weighted by Gasteiger charge is 2.20. The molecule has 2 amide bonds. The van der Waals surface area contributed by atoms with Gasteiger partial charge < -0.3 is 11.1 Å². The Kier molecular flexibility index (Phi) is 6.02. The molecule has 1 unspecified atom stereocenters. The van der Waals surface area contributed by atoms with E-state index < -0.39 is 5.91 Å². The number of benzene rings is 3. The van der Waals surface area contributed by atoms with Gasteiger partial charge in [-0.3, -0.25) is 9.59 Å². The number of amides is 2. The molecule has 1 aromatic heterocycles. The maximum Gasteiger partial charge on any atom is 0.249 e. The Balaban J connectivity index is 1.62. The number of anilines is 1. The molecule has 3 N–H and O–H groups in total. The zero-order valence-electron chi connectivity index (χ0n) is 17.5. The van der Waals surface area contributed by atoms with Crippen molar-refractivity contribution in [1.29, 1.82) is 5.26 Å². The summed E-state index contributed by atoms with van der Waals surface area (Å²) in [4.78, 5) is 26.1. The Morgan fingerprint density at radius 2 is 1.81 bits per heavy atom. The maximum atomic E-state index is 13.0. The van der Waals surface area contributed by atoms with Gasteiger partial charge in [0.05, 0.1) is 17.6 Å². The number of nitrogens with zero attached hydrogens (tertiary/aromatic N) is 1. The third-order valence-electron chi connectivity index (χ3n) is 5.41. The van der Waals surface area contributed by atoms with Crippen LogP contribution in [0.2, 0.25) is 0 Å². The van der Waals surface area contributed by atoms with Gasteiger partial charge in [0.2, 0.25) is 11.8 Å². The molecule has 0 spiro atoms. The number of primary amides is 1. The molecule has 0 aliphatic heterocycles. The number of nitrogens with two attached hydrogens (primary N) is 1. The first kappa shape index (κ1) is 21.3. The standard InChI is InChI=1S/C26H21N3O2S/c1-2-20(17-9-7-16(15-27)8-10-17)26(31)29-19-11-12-21(22(14-19)25(28)30)24-13-18-5-3-4-6-23(18)32-24/h3-14,20H,2H2,1H3,(H2,28,30)(H,29,31). The second kappa shape index (κ2) is 9.04. The van der Waals surface area contributed by atoms with Crippen molar-refractivity contribution in [3.63, 3.8) is 0 Å². The van der Waals surface area contributed by atoms with Crippen LogP contribution in [0, 0.1) is 11.3 Å². The Bertz CT molecular complexity index is 1320. The number of hydrogen-bond donors (Lipinski definition) is 2. The van der Waals surface area contributed by atoms with E-state index in [4.69, 9.17) is 11.0 Å². The van der Waals surface area contributed by atoms with Crippen LogP contribution in [-0.4, -0.2) is 11.8 Å². The molecule has 0 bridgehead atoms. The van der Waals surface area contributed by atoms with Gasteiger partial charge >= 0.3 is 0 Å². The van der Waals surface area contributed by atoms with Crippen LogP contribution >= 0.6 is 11.3 Å². The highest BCUT2D eigenvalue weighted by atomic mass is 32.1. The van der Waals surface area contributed by atoms with Crippen LogP contribution in [0.15, 0.2) is 72.8 Å². The molecule has 0 aliphatic rings. The number of carbonyl (C=O) groups excluding carboxylic acids is 2. The number of fused-ring (bicyclic) bond motifs is 1. The fourth-order valence-electron chi connectivity index (χ4n) is 3.75. The molecular formula is C26H21N3O2S. The smallest absolute Gasteiger partial charge is 0.249 e. The number of nitriles is 1. The van der Waals surface area contributed by atoms with E-state index in [9.17, 15) is 9.59 Å². The van der Waals surface area contributed by atoms with Gasteiger partial charge in [-0.05, 0) is 53.8 Å². The molecule has 1 atom stereocenters. The van der Waals surface area contributed by atoms with Gasteiger partial charge in [-0.2, -0.15) is 5.26 Å². The molecular weight excluding hydrogens is 418 g/mol. The topological polar surface area (TPSA) is 96.0 Å². The Hall–Kier alpha value is -3.95. The number of carbonyl (C=O) groups is 2. The molecule has 0 fully saturated rings. The van der Waals surface area contributed by atoms with E-state index in [2.05, 4.69) is 11.4 Å². The van der Waals surface area contributed by atoms with E-state index in [1.807, 2.05) is 43.3 Å². The van der Waals surface area contributed by atoms with E-state index in [-0.39, 0.29) is 11.8 Å². The lowest BCUT2D eigenvalue weighted by molar-refractivity contribution is -0.117. The predicted octanol–water partition coefficient (Wildman–Crippen LogP) is 5.67. The molecule has 0 aliphatic carbocycles. The van der Waals surface area contributed by atoms with E-state index in [0.717, 1.165) is 26.1 Å². The quantitative estimate of drug-likeness (QED) is 0.405. The Morgan fingerprint density at radius 1 is 1.06 bits per heavy atom. The van der Waals surface area contributed by atoms with Crippen molar-refractivity contribution in [1.82, 2.24) is 0 Å². The highest BCUT2D eigenvalue weighted by Crippen LogP contribution is 2.36. The van der Waals surface area contributed by atoms with Gasteiger partial charge in [0.25, 0.3) is 0 Å². The fraction of sp³-hybridized carbons (Fsp3) is 0.115. The lowest BCUT2D eigenvalue weighted by Crippen LogP contribution is -2.21. The summed E-state index contributed by atoms with van der Waals surface area (Å²) in [6.07, 6.45) is 0.597. The Morgan fingerprint density at radius 3 is 2.47 bits per heavy atom. The molecule has 0 saturated carbocycles. The van der Waals surface area contributed by atoms with Crippen molar-refractivity contribution in [3.05, 3.63) is 89.5 Å². The first-order chi connectivity index (χ1) is 15.5. The van der Waals surface area contributed by atoms with Gasteiger partial charge in [0, 0.05) is 26.4 Å². The van der Waals surface area contributed by atoms with E-state index in [1.54, 1.807) is 47.7 Å². The summed E-state index contributed by atoms with van der Waals surface area (Å²) < 4.78 is 1.13. The first-order valence-corrected chi connectivity index (χ1v) is 11.1. The highest BCUT2D eigenvalue weighted by molar-refractivity contribution is 7.22. The maximum absolute atomic E-state index is 13.0.